The molecule has 0 bridgehead atoms. The quantitative estimate of drug-likeness (QED) is 0.713. The molecule has 1 nitrogen and oxygen atoms in total. The number of anilines is 1. The Balaban J connectivity index is 2.82. The van der Waals surface area contributed by atoms with Crippen molar-refractivity contribution in [2.45, 2.75) is 11.6 Å². The zero-order chi connectivity index (χ0) is 11.7. The van der Waals surface area contributed by atoms with Crippen LogP contribution < -0.4 is 9.33 Å². The number of benzene rings is 2. The molecule has 0 unspecified atom stereocenters. The Labute approximate surface area is 102 Å². The molecule has 0 heterocycles. The minimum atomic E-state index is -0.775. The second-order valence-electron chi connectivity index (χ2n) is 4.77. The lowest BCUT2D eigenvalue weighted by molar-refractivity contribution is 1.14. The van der Waals surface area contributed by atoms with Crippen molar-refractivity contribution in [1.29, 1.82) is 0 Å². The molecule has 0 aliphatic heterocycles. The highest BCUT2D eigenvalue weighted by atomic mass is 27.2. The van der Waals surface area contributed by atoms with Crippen molar-refractivity contribution in [3.8, 4) is 0 Å². The van der Waals surface area contributed by atoms with Gasteiger partial charge >= 0.3 is 0 Å². The molecule has 2 rings (SSSR count). The van der Waals surface area contributed by atoms with Crippen molar-refractivity contribution < 1.29 is 0 Å². The average molecular weight is 227 g/mol. The van der Waals surface area contributed by atoms with Gasteiger partial charge < -0.3 is 4.90 Å². The fourth-order valence-electron chi connectivity index (χ4n) is 2.20. The van der Waals surface area contributed by atoms with Gasteiger partial charge in [0.1, 0.15) is 0 Å². The van der Waals surface area contributed by atoms with Gasteiger partial charge in [0.25, 0.3) is 14.1 Å². The summed E-state index contributed by atoms with van der Waals surface area (Å²) in [5.74, 6) is 4.78. The number of rotatable bonds is 2. The van der Waals surface area contributed by atoms with Crippen LogP contribution in [0.5, 0.6) is 0 Å². The smallest absolute Gasteiger partial charge is 0.300 e. The van der Waals surface area contributed by atoms with Gasteiger partial charge in [-0.2, -0.15) is 0 Å². The highest BCUT2D eigenvalue weighted by Crippen LogP contribution is 2.24. The van der Waals surface area contributed by atoms with E-state index in [4.69, 9.17) is 0 Å². The van der Waals surface area contributed by atoms with Crippen molar-refractivity contribution in [1.82, 2.24) is 0 Å². The zero-order valence-electron chi connectivity index (χ0n) is 10.5. The number of nitrogens with zero attached hydrogens (tertiary/aromatic N) is 1. The Bertz CT molecular complexity index is 460. The summed E-state index contributed by atoms with van der Waals surface area (Å²) in [7, 11) is 4.24. The largest absolute Gasteiger partial charge is 0.377 e. The van der Waals surface area contributed by atoms with Gasteiger partial charge in [0.05, 0.1) is 0 Å². The summed E-state index contributed by atoms with van der Waals surface area (Å²) < 4.78 is 1.57. The molecule has 0 saturated heterocycles. The Morgan fingerprint density at radius 3 is 2.12 bits per heavy atom. The lowest BCUT2D eigenvalue weighted by Gasteiger charge is -2.18. The topological polar surface area (TPSA) is 3.24 Å². The summed E-state index contributed by atoms with van der Waals surface area (Å²) in [6, 6.07) is 13.3. The zero-order valence-corrected chi connectivity index (χ0v) is 11.6. The lowest BCUT2D eigenvalue weighted by atomic mass is 10.1. The molecular weight excluding hydrogens is 209 g/mol. The van der Waals surface area contributed by atoms with E-state index < -0.39 is 14.1 Å². The van der Waals surface area contributed by atoms with E-state index >= 15 is 0 Å². The van der Waals surface area contributed by atoms with Crippen molar-refractivity contribution >= 4 is 35.0 Å². The fourth-order valence-corrected chi connectivity index (χ4v) is 3.59. The molecule has 0 N–H and O–H groups in total. The predicted octanol–water partition coefficient (Wildman–Crippen LogP) is 2.87. The van der Waals surface area contributed by atoms with Gasteiger partial charge in [-0.15, -0.1) is 16.0 Å². The van der Waals surface area contributed by atoms with Crippen LogP contribution in [0.4, 0.5) is 5.69 Å². The van der Waals surface area contributed by atoms with E-state index in [1.54, 1.807) is 4.43 Å². The van der Waals surface area contributed by atoms with Crippen LogP contribution in [0.1, 0.15) is 0 Å². The monoisotopic (exact) mass is 227 g/mol. The van der Waals surface area contributed by atoms with Crippen LogP contribution in [0.3, 0.4) is 0 Å². The lowest BCUT2D eigenvalue weighted by Crippen LogP contribution is -2.25. The Morgan fingerprint density at radius 1 is 0.938 bits per heavy atom. The van der Waals surface area contributed by atoms with Crippen LogP contribution in [-0.2, 0) is 0 Å². The van der Waals surface area contributed by atoms with Crippen molar-refractivity contribution in [3.05, 3.63) is 36.4 Å². The molecule has 0 radical (unpaired) electrons. The summed E-state index contributed by atoms with van der Waals surface area (Å²) in [6.45, 7) is 0. The van der Waals surface area contributed by atoms with Crippen LogP contribution in [0.2, 0.25) is 11.6 Å². The van der Waals surface area contributed by atoms with Gasteiger partial charge in [-0.3, -0.25) is 0 Å². The van der Waals surface area contributed by atoms with Gasteiger partial charge in [0, 0.05) is 19.8 Å². The molecule has 0 atom stereocenters. The number of fused-ring (bicyclic) bond motifs is 1. The van der Waals surface area contributed by atoms with Crippen molar-refractivity contribution in [3.63, 3.8) is 0 Å². The maximum absolute atomic E-state index is 2.39. The molecule has 0 aromatic heterocycles. The van der Waals surface area contributed by atoms with Crippen LogP contribution in [-0.4, -0.2) is 28.2 Å². The summed E-state index contributed by atoms with van der Waals surface area (Å²) in [5, 5.41) is 2.82. The summed E-state index contributed by atoms with van der Waals surface area (Å²) >= 11 is -0.775. The van der Waals surface area contributed by atoms with E-state index in [1.807, 2.05) is 0 Å². The number of hydrogen-bond donors (Lipinski definition) is 0. The molecule has 2 aromatic rings. The minimum absolute atomic E-state index is 0.775. The van der Waals surface area contributed by atoms with E-state index in [0.29, 0.717) is 0 Å². The Hall–Kier alpha value is -0.968. The third-order valence-corrected chi connectivity index (χ3v) is 4.74. The molecule has 2 heteroatoms. The summed E-state index contributed by atoms with van der Waals surface area (Å²) in [4.78, 5) is 2.21. The van der Waals surface area contributed by atoms with Crippen LogP contribution >= 0.6 is 0 Å². The first kappa shape index (κ1) is 11.5. The van der Waals surface area contributed by atoms with E-state index in [2.05, 4.69) is 67.0 Å². The first-order chi connectivity index (χ1) is 7.61. The fraction of sp³-hybridized carbons (Fsp3) is 0.286. The van der Waals surface area contributed by atoms with Gasteiger partial charge in [-0.05, 0) is 16.8 Å². The minimum Gasteiger partial charge on any atom is -0.377 e. The van der Waals surface area contributed by atoms with Crippen molar-refractivity contribution in [2.75, 3.05) is 19.0 Å². The van der Waals surface area contributed by atoms with Gasteiger partial charge in [-0.1, -0.05) is 30.3 Å². The van der Waals surface area contributed by atoms with Crippen LogP contribution in [0, 0.1) is 0 Å². The second-order valence-corrected chi connectivity index (χ2v) is 7.70. The van der Waals surface area contributed by atoms with Gasteiger partial charge in [-0.25, -0.2) is 0 Å². The molecule has 0 amide bonds. The summed E-state index contributed by atoms with van der Waals surface area (Å²) in [5.41, 5.74) is 1.34. The molecule has 0 spiro atoms. The molecule has 82 valence electrons. The van der Waals surface area contributed by atoms with E-state index in [9.17, 15) is 0 Å². The Kier molecular flexibility index (Phi) is 3.23. The maximum Gasteiger partial charge on any atom is 0.300 e. The third-order valence-electron chi connectivity index (χ3n) is 3.02. The Morgan fingerprint density at radius 2 is 1.56 bits per heavy atom. The van der Waals surface area contributed by atoms with Crippen LogP contribution in [0.25, 0.3) is 10.8 Å². The van der Waals surface area contributed by atoms with E-state index in [-0.39, 0.29) is 0 Å². The first-order valence-electron chi connectivity index (χ1n) is 5.80. The number of hydrogen-bond acceptors (Lipinski definition) is 1. The van der Waals surface area contributed by atoms with Crippen LogP contribution in [0.15, 0.2) is 36.4 Å². The van der Waals surface area contributed by atoms with E-state index in [1.165, 1.54) is 16.5 Å². The SMILES string of the molecule is CN(C)c1cccc2ccc[c]([Al]([CH3])[CH3])c12. The van der Waals surface area contributed by atoms with Gasteiger partial charge in [0.15, 0.2) is 0 Å². The average Bonchev–Trinajstić information content (AvgIpc) is 2.27. The van der Waals surface area contributed by atoms with Gasteiger partial charge in [0.2, 0.25) is 0 Å². The van der Waals surface area contributed by atoms with E-state index in [0.717, 1.165) is 0 Å². The predicted molar refractivity (Wildman–Crippen MR) is 75.4 cm³/mol. The third kappa shape index (κ3) is 1.96. The molecule has 2 aromatic carbocycles. The first-order valence-corrected chi connectivity index (χ1v) is 8.69. The molecule has 16 heavy (non-hydrogen) atoms. The normalized spacial score (nSPS) is 10.5. The molecule has 0 aliphatic rings. The molecule has 0 fully saturated rings. The second kappa shape index (κ2) is 4.49. The molecular formula is C14H18AlN. The molecule has 0 aliphatic carbocycles. The highest BCUT2D eigenvalue weighted by Gasteiger charge is 2.13. The highest BCUT2D eigenvalue weighted by molar-refractivity contribution is 6.73. The molecule has 0 saturated carbocycles. The maximum atomic E-state index is 2.39. The van der Waals surface area contributed by atoms with Crippen molar-refractivity contribution in [2.24, 2.45) is 0 Å². The standard InChI is InChI=1S/C12H12N.2CH3.Al/c1-13(2)12-9-5-7-10-6-3-4-8-11(10)12;;;/h3-7,9H,1-2H3;2*1H3;. The summed E-state index contributed by atoms with van der Waals surface area (Å²) in [6.07, 6.45) is 0.